The van der Waals surface area contributed by atoms with Gasteiger partial charge in [0.15, 0.2) is 6.29 Å². The molecule has 2 amide bonds. The summed E-state index contributed by atoms with van der Waals surface area (Å²) in [5, 5.41) is 33.4. The number of aliphatic hydroxyl groups excluding tert-OH is 1. The van der Waals surface area contributed by atoms with Crippen molar-refractivity contribution in [2.75, 3.05) is 5.75 Å². The molecule has 1 aliphatic heterocycles. The summed E-state index contributed by atoms with van der Waals surface area (Å²) in [5.74, 6) is -0.0339. The van der Waals surface area contributed by atoms with Crippen LogP contribution in [-0.4, -0.2) is 54.2 Å². The molecule has 236 valence electrons. The topological polar surface area (TPSA) is 161 Å². The average molecular weight is 633 g/mol. The Morgan fingerprint density at radius 3 is 2.42 bits per heavy atom. The van der Waals surface area contributed by atoms with E-state index in [-0.39, 0.29) is 37.6 Å². The number of hydrogen-bond donors (Lipinski definition) is 4. The molecule has 13 heteroatoms. The fourth-order valence-electron chi connectivity index (χ4n) is 5.06. The molecule has 3 aromatic carbocycles. The van der Waals surface area contributed by atoms with Crippen molar-refractivity contribution in [3.8, 4) is 11.1 Å². The zero-order valence-corrected chi connectivity index (χ0v) is 25.7. The van der Waals surface area contributed by atoms with Gasteiger partial charge in [0.25, 0.3) is 0 Å². The van der Waals surface area contributed by atoms with Crippen molar-refractivity contribution in [1.82, 2.24) is 31.0 Å². The van der Waals surface area contributed by atoms with Gasteiger partial charge >= 0.3 is 0 Å². The first-order chi connectivity index (χ1) is 21.9. The van der Waals surface area contributed by atoms with Crippen molar-refractivity contribution in [1.29, 1.82) is 0 Å². The van der Waals surface area contributed by atoms with Crippen LogP contribution in [0.15, 0.2) is 78.0 Å². The summed E-state index contributed by atoms with van der Waals surface area (Å²) in [6.45, 7) is 0.324. The van der Waals surface area contributed by atoms with Crippen molar-refractivity contribution in [2.24, 2.45) is 7.05 Å². The smallest absolute Gasteiger partial charge is 0.243 e. The summed E-state index contributed by atoms with van der Waals surface area (Å²) < 4.78 is 14.6. The molecule has 3 unspecified atom stereocenters. The maximum atomic E-state index is 12.3. The number of aromatic nitrogens is 4. The maximum absolute atomic E-state index is 12.3. The Balaban J connectivity index is 1.28. The van der Waals surface area contributed by atoms with Gasteiger partial charge in [-0.05, 0) is 44.7 Å². The molecule has 4 aromatic rings. The summed E-state index contributed by atoms with van der Waals surface area (Å²) in [5.41, 5.74) is 7.23. The fraction of sp³-hybridized carbons (Fsp3) is 0.344. The molecule has 45 heavy (non-hydrogen) atoms. The number of amides is 2. The summed E-state index contributed by atoms with van der Waals surface area (Å²) >= 11 is 1.53. The summed E-state index contributed by atoms with van der Waals surface area (Å²) in [6.07, 6.45) is 0.333. The van der Waals surface area contributed by atoms with Gasteiger partial charge in [-0.2, -0.15) is 0 Å². The summed E-state index contributed by atoms with van der Waals surface area (Å²) in [4.78, 5) is 23.5. The highest BCUT2D eigenvalue weighted by Crippen LogP contribution is 2.39. The van der Waals surface area contributed by atoms with Crippen molar-refractivity contribution in [3.05, 3.63) is 95.1 Å². The van der Waals surface area contributed by atoms with E-state index in [0.717, 1.165) is 33.4 Å². The molecule has 3 atom stereocenters. The zero-order valence-electron chi connectivity index (χ0n) is 24.8. The van der Waals surface area contributed by atoms with Gasteiger partial charge in [0.05, 0.1) is 18.8 Å². The number of aryl methyl sites for hydroxylation is 1. The van der Waals surface area contributed by atoms with Gasteiger partial charge in [-0.3, -0.25) is 14.8 Å². The van der Waals surface area contributed by atoms with Crippen LogP contribution in [0.1, 0.15) is 60.3 Å². The number of nitrogens with one attached hydrogen (secondary N) is 2. The lowest BCUT2D eigenvalue weighted by Crippen LogP contribution is -2.31. The summed E-state index contributed by atoms with van der Waals surface area (Å²) in [7, 11) is 1.80. The van der Waals surface area contributed by atoms with Crippen molar-refractivity contribution in [3.63, 3.8) is 0 Å². The number of rotatable bonds is 13. The average Bonchev–Trinajstić information content (AvgIpc) is 3.50. The Kier molecular flexibility index (Phi) is 11.3. The SMILES string of the molecule is Cn1nnnc1SCC1CC(c2ccc(CO)cc2)OC(c2ccc(-c3ccccc3CNC(=O)CCCC(=O)NO)cc2)O1. The Morgan fingerprint density at radius 1 is 0.978 bits per heavy atom. The number of thioether (sulfide) groups is 1. The third-order valence-corrected chi connectivity index (χ3v) is 8.66. The Bertz CT molecular complexity index is 1570. The van der Waals surface area contributed by atoms with Gasteiger partial charge in [-0.25, -0.2) is 10.2 Å². The second-order valence-electron chi connectivity index (χ2n) is 10.7. The molecule has 0 radical (unpaired) electrons. The number of tetrazole rings is 1. The largest absolute Gasteiger partial charge is 0.392 e. The minimum Gasteiger partial charge on any atom is -0.392 e. The third kappa shape index (κ3) is 8.74. The number of carbonyl (C=O) groups excluding carboxylic acids is 2. The molecule has 0 aliphatic carbocycles. The lowest BCUT2D eigenvalue weighted by molar-refractivity contribution is -0.245. The number of aliphatic hydroxyl groups is 1. The van der Waals surface area contributed by atoms with Crippen molar-refractivity contribution < 1.29 is 29.4 Å². The predicted molar refractivity (Wildman–Crippen MR) is 165 cm³/mol. The Morgan fingerprint density at radius 2 is 1.71 bits per heavy atom. The van der Waals surface area contributed by atoms with E-state index >= 15 is 0 Å². The van der Waals surface area contributed by atoms with E-state index in [4.69, 9.17) is 14.7 Å². The van der Waals surface area contributed by atoms with Crippen LogP contribution >= 0.6 is 11.8 Å². The molecule has 0 bridgehead atoms. The van der Waals surface area contributed by atoms with E-state index < -0.39 is 12.2 Å². The van der Waals surface area contributed by atoms with Crippen LogP contribution in [0.3, 0.4) is 0 Å². The number of carbonyl (C=O) groups is 2. The van der Waals surface area contributed by atoms with E-state index in [1.807, 2.05) is 72.8 Å². The molecular formula is C32H36N6O6S. The van der Waals surface area contributed by atoms with E-state index in [1.165, 1.54) is 11.8 Å². The molecule has 0 spiro atoms. The molecule has 1 aromatic heterocycles. The minimum atomic E-state index is -0.596. The van der Waals surface area contributed by atoms with Crippen LogP contribution in [0, 0.1) is 0 Å². The lowest BCUT2D eigenvalue weighted by atomic mass is 9.97. The van der Waals surface area contributed by atoms with Gasteiger partial charge < -0.3 is 19.9 Å². The molecule has 1 aliphatic rings. The van der Waals surface area contributed by atoms with Crippen LogP contribution in [0.4, 0.5) is 0 Å². The first-order valence-corrected chi connectivity index (χ1v) is 15.7. The van der Waals surface area contributed by atoms with E-state index in [1.54, 1.807) is 17.2 Å². The highest BCUT2D eigenvalue weighted by Gasteiger charge is 2.32. The summed E-state index contributed by atoms with van der Waals surface area (Å²) in [6, 6.07) is 23.7. The number of ether oxygens (including phenoxy) is 2. The van der Waals surface area contributed by atoms with Crippen LogP contribution in [0.2, 0.25) is 0 Å². The molecule has 2 heterocycles. The van der Waals surface area contributed by atoms with Gasteiger partial charge in [-0.1, -0.05) is 84.6 Å². The number of hydroxylamine groups is 1. The molecule has 1 saturated heterocycles. The highest BCUT2D eigenvalue weighted by molar-refractivity contribution is 7.99. The molecule has 5 rings (SSSR count). The number of benzene rings is 3. The first-order valence-electron chi connectivity index (χ1n) is 14.7. The second-order valence-corrected chi connectivity index (χ2v) is 11.7. The Labute approximate surface area is 265 Å². The van der Waals surface area contributed by atoms with E-state index in [0.29, 0.717) is 30.3 Å². The van der Waals surface area contributed by atoms with Gasteiger partial charge in [-0.15, -0.1) is 5.10 Å². The van der Waals surface area contributed by atoms with Crippen molar-refractivity contribution >= 4 is 23.6 Å². The highest BCUT2D eigenvalue weighted by atomic mass is 32.2. The fourth-order valence-corrected chi connectivity index (χ4v) is 5.92. The van der Waals surface area contributed by atoms with Crippen LogP contribution in [0.25, 0.3) is 11.1 Å². The van der Waals surface area contributed by atoms with Gasteiger partial charge in [0, 0.05) is 44.2 Å². The first kappa shape index (κ1) is 32.3. The molecule has 4 N–H and O–H groups in total. The minimum absolute atomic E-state index is 0.0180. The second kappa shape index (κ2) is 15.7. The van der Waals surface area contributed by atoms with Crippen molar-refractivity contribution in [2.45, 2.75) is 62.5 Å². The standard InChI is InChI=1S/C32H36N6O6S/c1-38-32(34-36-37-38)45-20-26-17-28(23-11-9-21(19-39)10-12-23)44-31(43-26)24-15-13-22(14-16-24)27-6-3-2-5-25(27)18-33-29(40)7-4-8-30(41)35-42/h2-3,5-6,9-16,26,28,31,39,42H,4,7-8,17-20H2,1H3,(H,33,40)(H,35,41). The van der Waals surface area contributed by atoms with Crippen LogP contribution < -0.4 is 10.8 Å². The van der Waals surface area contributed by atoms with Gasteiger partial charge in [0.2, 0.25) is 17.0 Å². The number of nitrogens with zero attached hydrogens (tertiary/aromatic N) is 4. The normalized spacial score (nSPS) is 18.0. The molecular weight excluding hydrogens is 596 g/mol. The van der Waals surface area contributed by atoms with Crippen LogP contribution in [0.5, 0.6) is 0 Å². The quantitative estimate of drug-likeness (QED) is 0.0964. The lowest BCUT2D eigenvalue weighted by Gasteiger charge is -2.36. The maximum Gasteiger partial charge on any atom is 0.243 e. The van der Waals surface area contributed by atoms with E-state index in [2.05, 4.69) is 20.8 Å². The van der Waals surface area contributed by atoms with E-state index in [9.17, 15) is 14.7 Å². The third-order valence-electron chi connectivity index (χ3n) is 7.51. The molecule has 0 saturated carbocycles. The Hall–Kier alpha value is -4.14. The monoisotopic (exact) mass is 632 g/mol. The molecule has 1 fully saturated rings. The van der Waals surface area contributed by atoms with Gasteiger partial charge in [0.1, 0.15) is 0 Å². The number of hydrogen-bond acceptors (Lipinski definition) is 10. The van der Waals surface area contributed by atoms with Crippen LogP contribution in [-0.2, 0) is 39.3 Å². The predicted octanol–water partition coefficient (Wildman–Crippen LogP) is 4.00. The zero-order chi connectivity index (χ0) is 31.6. The molecule has 12 nitrogen and oxygen atoms in total.